The molecule has 1 heterocycles. The van der Waals surface area contributed by atoms with Gasteiger partial charge < -0.3 is 9.47 Å². The summed E-state index contributed by atoms with van der Waals surface area (Å²) in [6.07, 6.45) is 6.84. The fourth-order valence-electron chi connectivity index (χ4n) is 1.91. The maximum Gasteiger partial charge on any atom is 0.189 e. The van der Waals surface area contributed by atoms with E-state index in [9.17, 15) is 4.79 Å². The lowest BCUT2D eigenvalue weighted by Gasteiger charge is -2.07. The van der Waals surface area contributed by atoms with Crippen molar-refractivity contribution in [3.8, 4) is 11.5 Å². The van der Waals surface area contributed by atoms with Gasteiger partial charge in [0.05, 0.1) is 26.0 Å². The third kappa shape index (κ3) is 3.51. The van der Waals surface area contributed by atoms with Gasteiger partial charge in [-0.1, -0.05) is 0 Å². The number of allylic oxidation sites excluding steroid dienone is 1. The molecular formula is C16H18N2O3. The summed E-state index contributed by atoms with van der Waals surface area (Å²) in [7, 11) is 3.10. The number of rotatable bonds is 6. The van der Waals surface area contributed by atoms with Gasteiger partial charge in [-0.3, -0.25) is 9.48 Å². The summed E-state index contributed by atoms with van der Waals surface area (Å²) in [4.78, 5) is 12.3. The second kappa shape index (κ2) is 6.74. The van der Waals surface area contributed by atoms with E-state index in [0.717, 1.165) is 12.1 Å². The highest BCUT2D eigenvalue weighted by Crippen LogP contribution is 2.24. The SMILES string of the molecule is CCn1cc(/C=C/C(=O)c2cc(OC)ccc2OC)cn1. The number of hydrogen-bond acceptors (Lipinski definition) is 4. The molecule has 0 saturated carbocycles. The number of methoxy groups -OCH3 is 2. The molecule has 0 aliphatic heterocycles. The first-order chi connectivity index (χ1) is 10.2. The average molecular weight is 286 g/mol. The Hall–Kier alpha value is -2.56. The highest BCUT2D eigenvalue weighted by atomic mass is 16.5. The van der Waals surface area contributed by atoms with Crippen LogP contribution in [-0.2, 0) is 6.54 Å². The molecule has 0 saturated heterocycles. The zero-order chi connectivity index (χ0) is 15.2. The van der Waals surface area contributed by atoms with Gasteiger partial charge in [0, 0.05) is 18.3 Å². The van der Waals surface area contributed by atoms with E-state index in [1.165, 1.54) is 13.2 Å². The van der Waals surface area contributed by atoms with E-state index in [0.29, 0.717) is 17.1 Å². The van der Waals surface area contributed by atoms with Gasteiger partial charge in [0.15, 0.2) is 5.78 Å². The standard InChI is InChI=1S/C16H18N2O3/c1-4-18-11-12(10-17-18)5-7-15(19)14-9-13(20-2)6-8-16(14)21-3/h5-11H,4H2,1-3H3/b7-5+. The quantitative estimate of drug-likeness (QED) is 0.605. The molecule has 110 valence electrons. The third-order valence-corrected chi connectivity index (χ3v) is 3.08. The van der Waals surface area contributed by atoms with Crippen LogP contribution in [0.2, 0.25) is 0 Å². The van der Waals surface area contributed by atoms with Crippen molar-refractivity contribution in [2.45, 2.75) is 13.5 Å². The van der Waals surface area contributed by atoms with Crippen LogP contribution in [0.25, 0.3) is 6.08 Å². The lowest BCUT2D eigenvalue weighted by Crippen LogP contribution is -1.99. The van der Waals surface area contributed by atoms with Gasteiger partial charge in [-0.15, -0.1) is 0 Å². The number of carbonyl (C=O) groups excluding carboxylic acids is 1. The van der Waals surface area contributed by atoms with Crippen LogP contribution in [-0.4, -0.2) is 29.8 Å². The first-order valence-electron chi connectivity index (χ1n) is 6.64. The Labute approximate surface area is 123 Å². The largest absolute Gasteiger partial charge is 0.497 e. The second-order valence-corrected chi connectivity index (χ2v) is 4.39. The minimum atomic E-state index is -0.144. The molecule has 0 bridgehead atoms. The molecule has 0 atom stereocenters. The number of aryl methyl sites for hydroxylation is 1. The second-order valence-electron chi connectivity index (χ2n) is 4.39. The van der Waals surface area contributed by atoms with Crippen molar-refractivity contribution in [1.82, 2.24) is 9.78 Å². The summed E-state index contributed by atoms with van der Waals surface area (Å²) in [5, 5.41) is 4.16. The van der Waals surface area contributed by atoms with Crippen molar-refractivity contribution in [1.29, 1.82) is 0 Å². The van der Waals surface area contributed by atoms with Crippen LogP contribution < -0.4 is 9.47 Å². The van der Waals surface area contributed by atoms with E-state index >= 15 is 0 Å². The van der Waals surface area contributed by atoms with Crippen LogP contribution in [0.15, 0.2) is 36.7 Å². The number of hydrogen-bond donors (Lipinski definition) is 0. The Morgan fingerprint density at radius 2 is 2.14 bits per heavy atom. The Balaban J connectivity index is 2.22. The molecule has 0 N–H and O–H groups in total. The van der Waals surface area contributed by atoms with Crippen molar-refractivity contribution in [3.05, 3.63) is 47.8 Å². The van der Waals surface area contributed by atoms with Crippen molar-refractivity contribution >= 4 is 11.9 Å². The minimum Gasteiger partial charge on any atom is -0.497 e. The van der Waals surface area contributed by atoms with Crippen molar-refractivity contribution in [3.63, 3.8) is 0 Å². The Morgan fingerprint density at radius 1 is 1.33 bits per heavy atom. The first-order valence-corrected chi connectivity index (χ1v) is 6.64. The number of ether oxygens (including phenoxy) is 2. The predicted molar refractivity (Wildman–Crippen MR) is 80.8 cm³/mol. The zero-order valence-electron chi connectivity index (χ0n) is 12.4. The molecule has 0 amide bonds. The summed E-state index contributed by atoms with van der Waals surface area (Å²) in [5.74, 6) is 0.996. The van der Waals surface area contributed by atoms with Gasteiger partial charge in [-0.05, 0) is 37.3 Å². The summed E-state index contributed by atoms with van der Waals surface area (Å²) in [6.45, 7) is 2.80. The molecule has 21 heavy (non-hydrogen) atoms. The van der Waals surface area contributed by atoms with Gasteiger partial charge in [0.1, 0.15) is 11.5 Å². The van der Waals surface area contributed by atoms with Gasteiger partial charge in [-0.2, -0.15) is 5.10 Å². The van der Waals surface area contributed by atoms with Gasteiger partial charge >= 0.3 is 0 Å². The maximum atomic E-state index is 12.3. The topological polar surface area (TPSA) is 53.4 Å². The minimum absolute atomic E-state index is 0.144. The van der Waals surface area contributed by atoms with Gasteiger partial charge in [0.25, 0.3) is 0 Å². The lowest BCUT2D eigenvalue weighted by molar-refractivity contribution is 0.104. The predicted octanol–water partition coefficient (Wildman–Crippen LogP) is 2.82. The number of nitrogens with zero attached hydrogens (tertiary/aromatic N) is 2. The summed E-state index contributed by atoms with van der Waals surface area (Å²) in [5.41, 5.74) is 1.35. The van der Waals surface area contributed by atoms with Crippen molar-refractivity contribution < 1.29 is 14.3 Å². The monoisotopic (exact) mass is 286 g/mol. The lowest BCUT2D eigenvalue weighted by atomic mass is 10.1. The summed E-state index contributed by atoms with van der Waals surface area (Å²) < 4.78 is 12.2. The van der Waals surface area contributed by atoms with Crippen LogP contribution in [0.1, 0.15) is 22.8 Å². The molecule has 0 aliphatic carbocycles. The smallest absolute Gasteiger partial charge is 0.189 e. The van der Waals surface area contributed by atoms with Crippen LogP contribution in [0.4, 0.5) is 0 Å². The normalized spacial score (nSPS) is 10.8. The first kappa shape index (κ1) is 14.8. The maximum absolute atomic E-state index is 12.3. The molecule has 1 aromatic heterocycles. The summed E-state index contributed by atoms with van der Waals surface area (Å²) >= 11 is 0. The highest BCUT2D eigenvalue weighted by Gasteiger charge is 2.11. The number of aromatic nitrogens is 2. The van der Waals surface area contributed by atoms with E-state index in [1.54, 1.807) is 42.3 Å². The van der Waals surface area contributed by atoms with E-state index < -0.39 is 0 Å². The molecule has 0 aliphatic rings. The zero-order valence-corrected chi connectivity index (χ0v) is 12.4. The molecule has 5 nitrogen and oxygen atoms in total. The molecular weight excluding hydrogens is 268 g/mol. The molecule has 0 spiro atoms. The third-order valence-electron chi connectivity index (χ3n) is 3.08. The summed E-state index contributed by atoms with van der Waals surface area (Å²) in [6, 6.07) is 5.14. The van der Waals surface area contributed by atoms with Gasteiger partial charge in [-0.25, -0.2) is 0 Å². The van der Waals surface area contributed by atoms with Crippen molar-refractivity contribution in [2.75, 3.05) is 14.2 Å². The van der Waals surface area contributed by atoms with Gasteiger partial charge in [0.2, 0.25) is 0 Å². The molecule has 1 aromatic carbocycles. The van der Waals surface area contributed by atoms with Crippen molar-refractivity contribution in [2.24, 2.45) is 0 Å². The Morgan fingerprint density at radius 3 is 2.76 bits per heavy atom. The number of ketones is 1. The molecule has 0 radical (unpaired) electrons. The number of carbonyl (C=O) groups is 1. The van der Waals surface area contributed by atoms with Crippen LogP contribution >= 0.6 is 0 Å². The van der Waals surface area contributed by atoms with Crippen LogP contribution in [0.3, 0.4) is 0 Å². The number of benzene rings is 1. The molecule has 5 heteroatoms. The molecule has 0 fully saturated rings. The molecule has 2 aromatic rings. The van der Waals surface area contributed by atoms with E-state index in [4.69, 9.17) is 9.47 Å². The highest BCUT2D eigenvalue weighted by molar-refractivity contribution is 6.08. The average Bonchev–Trinajstić information content (AvgIpc) is 3.00. The van der Waals surface area contributed by atoms with Crippen LogP contribution in [0.5, 0.6) is 11.5 Å². The molecule has 2 rings (SSSR count). The van der Waals surface area contributed by atoms with E-state index in [1.807, 2.05) is 13.1 Å². The molecule has 0 unspecified atom stereocenters. The fourth-order valence-corrected chi connectivity index (χ4v) is 1.91. The Kier molecular flexibility index (Phi) is 4.77. The fraction of sp³-hybridized carbons (Fsp3) is 0.250. The van der Waals surface area contributed by atoms with E-state index in [-0.39, 0.29) is 5.78 Å². The Bertz CT molecular complexity index is 659. The van der Waals surface area contributed by atoms with Crippen LogP contribution in [0, 0.1) is 0 Å². The van der Waals surface area contributed by atoms with E-state index in [2.05, 4.69) is 5.10 Å².